The van der Waals surface area contributed by atoms with Gasteiger partial charge < -0.3 is 19.6 Å². The van der Waals surface area contributed by atoms with E-state index >= 15 is 0 Å². The molecule has 4 heterocycles. The first kappa shape index (κ1) is 48.0. The number of rotatable bonds is 8. The molecule has 0 radical (unpaired) electrons. The van der Waals surface area contributed by atoms with Gasteiger partial charge in [0, 0.05) is 22.7 Å². The van der Waals surface area contributed by atoms with Crippen molar-refractivity contribution in [3.05, 3.63) is 109 Å². The van der Waals surface area contributed by atoms with Crippen LogP contribution in [0.25, 0.3) is 44.5 Å². The average molecular weight is 921 g/mol. The molecule has 4 aliphatic rings. The standard InChI is InChI=1S/C61H76N8/c1-39-63-55(6,7)59(14,15)67(39)47-30-22-43(23-31-47)51-37-53(45-26-34-49(35-27-45)69-41(3)65-57(10,11)61(69,18)19)52(44-24-32-48(33-25-44)68-40(2)64-56(8,9)60(68,16)17)36-50(51)42-20-28-46(29-21-42)66-38-62-54(4,5)58(66,12)13/h20-38H,1-19H3. The quantitative estimate of drug-likeness (QED) is 0.156. The van der Waals surface area contributed by atoms with E-state index in [0.29, 0.717) is 0 Å². The first-order valence-corrected chi connectivity index (χ1v) is 25.0. The van der Waals surface area contributed by atoms with Gasteiger partial charge in [0.1, 0.15) is 17.5 Å². The van der Waals surface area contributed by atoms with Crippen LogP contribution in [0.2, 0.25) is 0 Å². The lowest BCUT2D eigenvalue weighted by molar-refractivity contribution is 0.338. The number of hydrogen-bond donors (Lipinski definition) is 0. The van der Waals surface area contributed by atoms with Crippen LogP contribution < -0.4 is 19.6 Å². The second-order valence-electron chi connectivity index (χ2n) is 24.2. The number of amidine groups is 3. The van der Waals surface area contributed by atoms with Crippen LogP contribution in [0.15, 0.2) is 129 Å². The third kappa shape index (κ3) is 7.28. The van der Waals surface area contributed by atoms with Crippen LogP contribution in [0.3, 0.4) is 0 Å². The van der Waals surface area contributed by atoms with E-state index in [2.05, 4.69) is 260 Å². The van der Waals surface area contributed by atoms with Crippen molar-refractivity contribution in [1.82, 2.24) is 0 Å². The largest absolute Gasteiger partial charge is 0.325 e. The SMILES string of the molecule is CC1=NC(C)(C)C(C)(C)N1c1ccc(-c2cc(-c3ccc(N4C(C)=NC(C)(C)C4(C)C)cc3)c(-c3ccc(N4C(C)=NC(C)(C)C4(C)C)cc3)cc2-c2ccc(N3C=NC(C)(C)C3(C)C)cc2)cc1. The summed E-state index contributed by atoms with van der Waals surface area (Å²) in [5.74, 6) is 3.11. The molecule has 0 N–H and O–H groups in total. The van der Waals surface area contributed by atoms with E-state index in [1.54, 1.807) is 0 Å². The van der Waals surface area contributed by atoms with E-state index in [1.807, 2.05) is 6.34 Å². The smallest absolute Gasteiger partial charge is 0.102 e. The van der Waals surface area contributed by atoms with Gasteiger partial charge in [-0.05, 0) is 237 Å². The Balaban J connectivity index is 1.22. The van der Waals surface area contributed by atoms with Crippen molar-refractivity contribution < 1.29 is 0 Å². The zero-order valence-corrected chi connectivity index (χ0v) is 45.0. The van der Waals surface area contributed by atoms with Gasteiger partial charge in [0.15, 0.2) is 0 Å². The summed E-state index contributed by atoms with van der Waals surface area (Å²) in [6.07, 6.45) is 2.01. The van der Waals surface area contributed by atoms with Crippen LogP contribution in [0.1, 0.15) is 132 Å². The summed E-state index contributed by atoms with van der Waals surface area (Å²) in [7, 11) is 0. The fourth-order valence-corrected chi connectivity index (χ4v) is 11.3. The highest BCUT2D eigenvalue weighted by atomic mass is 15.4. The topological polar surface area (TPSA) is 62.4 Å². The molecule has 9 rings (SSSR count). The van der Waals surface area contributed by atoms with E-state index in [-0.39, 0.29) is 44.3 Å². The van der Waals surface area contributed by atoms with Crippen molar-refractivity contribution in [2.45, 2.75) is 176 Å². The summed E-state index contributed by atoms with van der Waals surface area (Å²) in [4.78, 5) is 29.8. The Labute approximate surface area is 414 Å². The Kier molecular flexibility index (Phi) is 10.8. The second kappa shape index (κ2) is 15.5. The van der Waals surface area contributed by atoms with Crippen molar-refractivity contribution in [2.75, 3.05) is 19.6 Å². The molecule has 0 aliphatic carbocycles. The van der Waals surface area contributed by atoms with Gasteiger partial charge >= 0.3 is 0 Å². The molecular formula is C61H76N8. The zero-order valence-electron chi connectivity index (χ0n) is 45.0. The Morgan fingerprint density at radius 2 is 0.551 bits per heavy atom. The molecule has 0 saturated heterocycles. The highest BCUT2D eigenvalue weighted by Gasteiger charge is 2.51. The molecule has 4 aliphatic heterocycles. The van der Waals surface area contributed by atoms with Crippen molar-refractivity contribution >= 4 is 46.6 Å². The molecule has 360 valence electrons. The summed E-state index contributed by atoms with van der Waals surface area (Å²) in [6.45, 7) is 42.5. The van der Waals surface area contributed by atoms with Crippen molar-refractivity contribution in [1.29, 1.82) is 0 Å². The van der Waals surface area contributed by atoms with Gasteiger partial charge in [0.05, 0.1) is 50.6 Å². The van der Waals surface area contributed by atoms with Crippen LogP contribution in [-0.4, -0.2) is 68.2 Å². The molecule has 0 spiro atoms. The second-order valence-corrected chi connectivity index (χ2v) is 24.2. The maximum atomic E-state index is 5.11. The number of nitrogens with zero attached hydrogens (tertiary/aromatic N) is 8. The molecule has 5 aromatic carbocycles. The Hall–Kier alpha value is -6.02. The molecule has 0 amide bonds. The molecule has 0 bridgehead atoms. The van der Waals surface area contributed by atoms with E-state index in [4.69, 9.17) is 20.0 Å². The summed E-state index contributed by atoms with van der Waals surface area (Å²) in [6, 6.07) is 41.4. The van der Waals surface area contributed by atoms with E-state index in [1.165, 1.54) is 22.3 Å². The van der Waals surface area contributed by atoms with E-state index in [9.17, 15) is 0 Å². The molecule has 0 atom stereocenters. The van der Waals surface area contributed by atoms with Gasteiger partial charge in [-0.3, -0.25) is 20.0 Å². The van der Waals surface area contributed by atoms with Crippen molar-refractivity contribution in [3.8, 4) is 44.5 Å². The van der Waals surface area contributed by atoms with Crippen LogP contribution >= 0.6 is 0 Å². The normalized spacial score (nSPS) is 22.0. The van der Waals surface area contributed by atoms with Crippen LogP contribution in [0, 0.1) is 0 Å². The third-order valence-electron chi connectivity index (χ3n) is 18.0. The predicted octanol–water partition coefficient (Wildman–Crippen LogP) is 15.1. The third-order valence-corrected chi connectivity index (χ3v) is 18.0. The zero-order chi connectivity index (χ0) is 50.2. The minimum Gasteiger partial charge on any atom is -0.325 e. The maximum absolute atomic E-state index is 5.11. The Morgan fingerprint density at radius 1 is 0.304 bits per heavy atom. The predicted molar refractivity (Wildman–Crippen MR) is 299 cm³/mol. The number of hydrogen-bond acceptors (Lipinski definition) is 8. The maximum Gasteiger partial charge on any atom is 0.102 e. The lowest BCUT2D eigenvalue weighted by atomic mass is 9.82. The highest BCUT2D eigenvalue weighted by Crippen LogP contribution is 2.48. The van der Waals surface area contributed by atoms with Gasteiger partial charge in [-0.2, -0.15) is 0 Å². The minimum atomic E-state index is -0.223. The fraction of sp³-hybridized carbons (Fsp3) is 0.443. The molecule has 8 nitrogen and oxygen atoms in total. The van der Waals surface area contributed by atoms with Crippen LogP contribution in [0.4, 0.5) is 22.7 Å². The molecule has 8 heteroatoms. The number of aliphatic imine (C=N–C) groups is 4. The van der Waals surface area contributed by atoms with E-state index < -0.39 is 0 Å². The highest BCUT2D eigenvalue weighted by molar-refractivity contribution is 6.03. The molecule has 0 saturated carbocycles. The average Bonchev–Trinajstić information content (AvgIpc) is 3.73. The minimum absolute atomic E-state index is 0.184. The number of anilines is 4. The molecule has 0 aromatic heterocycles. The lowest BCUT2D eigenvalue weighted by Crippen LogP contribution is -2.53. The summed E-state index contributed by atoms with van der Waals surface area (Å²) in [5, 5.41) is 0. The fourth-order valence-electron chi connectivity index (χ4n) is 11.3. The van der Waals surface area contributed by atoms with Crippen molar-refractivity contribution in [2.24, 2.45) is 20.0 Å². The lowest BCUT2D eigenvalue weighted by Gasteiger charge is -2.41. The van der Waals surface area contributed by atoms with Gasteiger partial charge in [0.2, 0.25) is 0 Å². The summed E-state index contributed by atoms with van der Waals surface area (Å²) in [5.41, 5.74) is 12.2. The van der Waals surface area contributed by atoms with Gasteiger partial charge in [-0.15, -0.1) is 0 Å². The molecule has 0 fully saturated rings. The van der Waals surface area contributed by atoms with Crippen LogP contribution in [-0.2, 0) is 0 Å². The Morgan fingerprint density at radius 3 is 0.754 bits per heavy atom. The Bertz CT molecular complexity index is 2950. The first-order chi connectivity index (χ1) is 31.9. The molecular weight excluding hydrogens is 845 g/mol. The first-order valence-electron chi connectivity index (χ1n) is 25.0. The van der Waals surface area contributed by atoms with Crippen molar-refractivity contribution in [3.63, 3.8) is 0 Å². The summed E-state index contributed by atoms with van der Waals surface area (Å²) < 4.78 is 0. The van der Waals surface area contributed by atoms with Gasteiger partial charge in [0.25, 0.3) is 0 Å². The van der Waals surface area contributed by atoms with Crippen LogP contribution in [0.5, 0.6) is 0 Å². The monoisotopic (exact) mass is 921 g/mol. The molecule has 69 heavy (non-hydrogen) atoms. The van der Waals surface area contributed by atoms with Gasteiger partial charge in [-0.25, -0.2) is 0 Å². The van der Waals surface area contributed by atoms with E-state index in [0.717, 1.165) is 62.5 Å². The number of benzene rings is 5. The molecule has 5 aromatic rings. The summed E-state index contributed by atoms with van der Waals surface area (Å²) >= 11 is 0. The molecule has 0 unspecified atom stereocenters. The van der Waals surface area contributed by atoms with Gasteiger partial charge in [-0.1, -0.05) is 48.5 Å².